The Bertz CT molecular complexity index is 541. The van der Waals surface area contributed by atoms with E-state index >= 15 is 0 Å². The van der Waals surface area contributed by atoms with Crippen molar-refractivity contribution in [3.05, 3.63) is 11.1 Å². The Kier molecular flexibility index (Phi) is 3.48. The Labute approximate surface area is 131 Å². The molecule has 0 aromatic carbocycles. The molecule has 0 bridgehead atoms. The summed E-state index contributed by atoms with van der Waals surface area (Å²) >= 11 is 0. The molecule has 5 heteroatoms. The minimum Gasteiger partial charge on any atom is -0.426 e. The molecule has 5 atom stereocenters. The van der Waals surface area contributed by atoms with Gasteiger partial charge in [-0.2, -0.15) is 0 Å². The van der Waals surface area contributed by atoms with Crippen molar-refractivity contribution >= 4 is 5.97 Å². The Morgan fingerprint density at radius 1 is 1.41 bits per heavy atom. The SMILES string of the molecule is CCO[C@@H]1C2=C(C)C(=O)O[C@@]2(O)C[C@@]2(O)CCC[C@H](C)[C@@]12C. The number of carbonyl (C=O) groups is 1. The molecule has 0 unspecified atom stereocenters. The van der Waals surface area contributed by atoms with Crippen LogP contribution in [-0.4, -0.2) is 40.3 Å². The van der Waals surface area contributed by atoms with Gasteiger partial charge in [0, 0.05) is 29.6 Å². The number of ether oxygens (including phenoxy) is 2. The van der Waals surface area contributed by atoms with E-state index in [1.54, 1.807) is 6.92 Å². The average Bonchev–Trinajstić information content (AvgIpc) is 2.63. The maximum atomic E-state index is 12.0. The van der Waals surface area contributed by atoms with Crippen LogP contribution in [-0.2, 0) is 14.3 Å². The summed E-state index contributed by atoms with van der Waals surface area (Å²) in [6.45, 7) is 8.15. The predicted molar refractivity (Wildman–Crippen MR) is 79.8 cm³/mol. The van der Waals surface area contributed by atoms with Crippen LogP contribution >= 0.6 is 0 Å². The van der Waals surface area contributed by atoms with Gasteiger partial charge < -0.3 is 19.7 Å². The van der Waals surface area contributed by atoms with Crippen molar-refractivity contribution in [3.63, 3.8) is 0 Å². The van der Waals surface area contributed by atoms with Crippen molar-refractivity contribution < 1.29 is 24.5 Å². The molecule has 0 aromatic rings. The molecular weight excluding hydrogens is 284 g/mol. The summed E-state index contributed by atoms with van der Waals surface area (Å²) in [7, 11) is 0. The molecule has 0 saturated heterocycles. The monoisotopic (exact) mass is 310 g/mol. The topological polar surface area (TPSA) is 76.0 Å². The largest absolute Gasteiger partial charge is 0.426 e. The van der Waals surface area contributed by atoms with Crippen molar-refractivity contribution in [2.75, 3.05) is 6.61 Å². The first kappa shape index (κ1) is 16.0. The number of rotatable bonds is 2. The first-order valence-electron chi connectivity index (χ1n) is 8.20. The summed E-state index contributed by atoms with van der Waals surface area (Å²) in [5, 5.41) is 22.3. The van der Waals surface area contributed by atoms with Crippen LogP contribution in [0, 0.1) is 11.3 Å². The molecule has 1 heterocycles. The first-order chi connectivity index (χ1) is 10.2. The van der Waals surface area contributed by atoms with E-state index in [9.17, 15) is 15.0 Å². The molecule has 3 rings (SSSR count). The van der Waals surface area contributed by atoms with Crippen molar-refractivity contribution in [2.45, 2.75) is 70.9 Å². The van der Waals surface area contributed by atoms with E-state index in [1.807, 2.05) is 13.8 Å². The van der Waals surface area contributed by atoms with Crippen LogP contribution in [0.15, 0.2) is 11.1 Å². The zero-order valence-corrected chi connectivity index (χ0v) is 13.8. The second-order valence-electron chi connectivity index (χ2n) is 7.33. The molecule has 2 N–H and O–H groups in total. The molecule has 3 aliphatic rings. The molecular formula is C17H26O5. The smallest absolute Gasteiger partial charge is 0.336 e. The molecule has 22 heavy (non-hydrogen) atoms. The number of esters is 1. The summed E-state index contributed by atoms with van der Waals surface area (Å²) in [4.78, 5) is 12.0. The zero-order chi connectivity index (χ0) is 16.3. The molecule has 5 nitrogen and oxygen atoms in total. The maximum absolute atomic E-state index is 12.0. The fourth-order valence-electron chi connectivity index (χ4n) is 4.85. The lowest BCUT2D eigenvalue weighted by molar-refractivity contribution is -0.277. The van der Waals surface area contributed by atoms with E-state index in [1.165, 1.54) is 0 Å². The number of aliphatic hydroxyl groups is 2. The molecule has 2 fully saturated rings. The van der Waals surface area contributed by atoms with Gasteiger partial charge in [0.1, 0.15) is 0 Å². The van der Waals surface area contributed by atoms with E-state index in [2.05, 4.69) is 6.92 Å². The van der Waals surface area contributed by atoms with Gasteiger partial charge in [-0.3, -0.25) is 0 Å². The molecule has 0 amide bonds. The van der Waals surface area contributed by atoms with Crippen LogP contribution in [0.25, 0.3) is 0 Å². The number of carbonyl (C=O) groups excluding carboxylic acids is 1. The highest BCUT2D eigenvalue weighted by Crippen LogP contribution is 2.62. The molecule has 2 saturated carbocycles. The standard InChI is InChI=1S/C17H26O5/c1-5-21-13-12-11(3)14(18)22-17(12,20)9-16(19)8-6-7-10(2)15(13,16)4/h10,13,19-20H,5-9H2,1-4H3/t10-,13+,15-,16-,17-/m0/s1. The van der Waals surface area contributed by atoms with Crippen LogP contribution < -0.4 is 0 Å². The van der Waals surface area contributed by atoms with Crippen LogP contribution in [0.1, 0.15) is 53.4 Å². The van der Waals surface area contributed by atoms with Crippen molar-refractivity contribution in [2.24, 2.45) is 11.3 Å². The Morgan fingerprint density at radius 2 is 2.09 bits per heavy atom. The summed E-state index contributed by atoms with van der Waals surface area (Å²) in [5.41, 5.74) is -0.714. The van der Waals surface area contributed by atoms with Crippen molar-refractivity contribution in [3.8, 4) is 0 Å². The normalized spacial score (nSPS) is 48.0. The van der Waals surface area contributed by atoms with E-state index in [-0.39, 0.29) is 12.3 Å². The second kappa shape index (κ2) is 4.79. The minimum atomic E-state index is -1.73. The number of hydrogen-bond donors (Lipinski definition) is 2. The Balaban J connectivity index is 2.19. The highest BCUT2D eigenvalue weighted by molar-refractivity contribution is 5.92. The van der Waals surface area contributed by atoms with Gasteiger partial charge in [0.05, 0.1) is 11.7 Å². The van der Waals surface area contributed by atoms with Crippen molar-refractivity contribution in [1.29, 1.82) is 0 Å². The van der Waals surface area contributed by atoms with Crippen molar-refractivity contribution in [1.82, 2.24) is 0 Å². The van der Waals surface area contributed by atoms with Gasteiger partial charge in [-0.15, -0.1) is 0 Å². The number of hydrogen-bond acceptors (Lipinski definition) is 5. The summed E-state index contributed by atoms with van der Waals surface area (Å²) in [6.07, 6.45) is 2.01. The highest BCUT2D eigenvalue weighted by Gasteiger charge is 2.69. The lowest BCUT2D eigenvalue weighted by atomic mass is 9.49. The van der Waals surface area contributed by atoms with Gasteiger partial charge >= 0.3 is 5.97 Å². The third-order valence-electron chi connectivity index (χ3n) is 6.32. The predicted octanol–water partition coefficient (Wildman–Crippen LogP) is 1.91. The molecule has 2 aliphatic carbocycles. The second-order valence-corrected chi connectivity index (χ2v) is 7.33. The third-order valence-corrected chi connectivity index (χ3v) is 6.32. The Hall–Kier alpha value is -0.910. The zero-order valence-electron chi connectivity index (χ0n) is 13.8. The maximum Gasteiger partial charge on any atom is 0.336 e. The molecule has 0 spiro atoms. The van der Waals surface area contributed by atoms with Gasteiger partial charge in [0.15, 0.2) is 0 Å². The quantitative estimate of drug-likeness (QED) is 0.762. The van der Waals surface area contributed by atoms with Gasteiger partial charge in [-0.1, -0.05) is 20.3 Å². The van der Waals surface area contributed by atoms with E-state index in [0.717, 1.165) is 12.8 Å². The first-order valence-corrected chi connectivity index (χ1v) is 8.20. The lowest BCUT2D eigenvalue weighted by Gasteiger charge is -2.61. The Morgan fingerprint density at radius 3 is 2.73 bits per heavy atom. The van der Waals surface area contributed by atoms with E-state index in [4.69, 9.17) is 9.47 Å². The van der Waals surface area contributed by atoms with Gasteiger partial charge in [0.25, 0.3) is 0 Å². The lowest BCUT2D eigenvalue weighted by Crippen LogP contribution is -2.68. The molecule has 1 aliphatic heterocycles. The van der Waals surface area contributed by atoms with Crippen LogP contribution in [0.3, 0.4) is 0 Å². The molecule has 0 radical (unpaired) electrons. The minimum absolute atomic E-state index is 0.0306. The molecule has 0 aromatic heterocycles. The number of fused-ring (bicyclic) bond motifs is 2. The fraction of sp³-hybridized carbons (Fsp3) is 0.824. The van der Waals surface area contributed by atoms with Gasteiger partial charge in [-0.25, -0.2) is 4.79 Å². The fourth-order valence-corrected chi connectivity index (χ4v) is 4.85. The summed E-state index contributed by atoms with van der Waals surface area (Å²) in [6, 6.07) is 0. The van der Waals surface area contributed by atoms with E-state index < -0.39 is 28.9 Å². The summed E-state index contributed by atoms with van der Waals surface area (Å²) < 4.78 is 11.2. The van der Waals surface area contributed by atoms with Crippen LogP contribution in [0.4, 0.5) is 0 Å². The third kappa shape index (κ3) is 1.79. The summed E-state index contributed by atoms with van der Waals surface area (Å²) in [5.74, 6) is -2.02. The highest BCUT2D eigenvalue weighted by atomic mass is 16.7. The van der Waals surface area contributed by atoms with Crippen LogP contribution in [0.5, 0.6) is 0 Å². The molecule has 124 valence electrons. The van der Waals surface area contributed by atoms with Gasteiger partial charge in [0.2, 0.25) is 5.79 Å². The van der Waals surface area contributed by atoms with Crippen LogP contribution in [0.2, 0.25) is 0 Å². The van der Waals surface area contributed by atoms with E-state index in [0.29, 0.717) is 24.2 Å². The average molecular weight is 310 g/mol. The van der Waals surface area contributed by atoms with Gasteiger partial charge in [-0.05, 0) is 32.6 Å².